The highest BCUT2D eigenvalue weighted by atomic mass is 16.5. The Bertz CT molecular complexity index is 418. The van der Waals surface area contributed by atoms with Gasteiger partial charge in [0.1, 0.15) is 11.5 Å². The molecule has 0 saturated heterocycles. The van der Waals surface area contributed by atoms with E-state index in [0.717, 1.165) is 11.3 Å². The van der Waals surface area contributed by atoms with Crippen molar-refractivity contribution >= 4 is 11.6 Å². The van der Waals surface area contributed by atoms with Gasteiger partial charge in [0.25, 0.3) is 0 Å². The molecule has 0 saturated carbocycles. The second kappa shape index (κ2) is 5.54. The Morgan fingerprint density at radius 1 is 1.35 bits per heavy atom. The number of anilines is 1. The van der Waals surface area contributed by atoms with Gasteiger partial charge in [0.2, 0.25) is 5.91 Å². The maximum Gasteiger partial charge on any atom is 0.240 e. The number of nitrogens with two attached hydrogens (primary N) is 1. The van der Waals surface area contributed by atoms with E-state index in [1.165, 1.54) is 4.90 Å². The third kappa shape index (κ3) is 2.50. The molecule has 0 fully saturated rings. The van der Waals surface area contributed by atoms with Crippen LogP contribution in [0.15, 0.2) is 12.1 Å². The molecule has 1 aromatic carbocycles. The van der Waals surface area contributed by atoms with Crippen LogP contribution >= 0.6 is 0 Å². The van der Waals surface area contributed by atoms with Crippen molar-refractivity contribution in [2.45, 2.75) is 6.92 Å². The molecule has 0 unspecified atom stereocenters. The van der Waals surface area contributed by atoms with Gasteiger partial charge in [-0.3, -0.25) is 4.79 Å². The number of carbonyl (C=O) groups is 1. The van der Waals surface area contributed by atoms with Crippen molar-refractivity contribution in [1.29, 1.82) is 0 Å². The van der Waals surface area contributed by atoms with Gasteiger partial charge in [-0.2, -0.15) is 0 Å². The molecule has 94 valence electrons. The highest BCUT2D eigenvalue weighted by Crippen LogP contribution is 2.36. The molecule has 0 bridgehead atoms. The molecule has 5 heteroatoms. The number of rotatable bonds is 4. The Morgan fingerprint density at radius 2 is 2.00 bits per heavy atom. The number of likely N-dealkylation sites (N-methyl/N-ethyl adjacent to an activating group) is 1. The van der Waals surface area contributed by atoms with Crippen LogP contribution in [0.2, 0.25) is 0 Å². The summed E-state index contributed by atoms with van der Waals surface area (Å²) in [6, 6.07) is 3.58. The maximum absolute atomic E-state index is 11.6. The lowest BCUT2D eigenvalue weighted by Crippen LogP contribution is -2.32. The van der Waals surface area contributed by atoms with E-state index in [2.05, 4.69) is 0 Å². The van der Waals surface area contributed by atoms with Crippen molar-refractivity contribution < 1.29 is 14.3 Å². The first-order valence-electron chi connectivity index (χ1n) is 5.25. The lowest BCUT2D eigenvalue weighted by atomic mass is 10.1. The first kappa shape index (κ1) is 13.3. The van der Waals surface area contributed by atoms with Crippen molar-refractivity contribution in [1.82, 2.24) is 0 Å². The standard InChI is InChI=1S/C12H18N2O3/c1-8-10(16-3)6-5-9(12(8)17-4)14(2)11(15)7-13/h5-6H,7,13H2,1-4H3. The monoisotopic (exact) mass is 238 g/mol. The predicted molar refractivity (Wildman–Crippen MR) is 66.7 cm³/mol. The number of hydrogen-bond donors (Lipinski definition) is 1. The maximum atomic E-state index is 11.6. The minimum absolute atomic E-state index is 0.0370. The number of amides is 1. The number of hydrogen-bond acceptors (Lipinski definition) is 4. The van der Waals surface area contributed by atoms with E-state index in [1.54, 1.807) is 33.4 Å². The quantitative estimate of drug-likeness (QED) is 0.847. The molecule has 1 rings (SSSR count). The summed E-state index contributed by atoms with van der Waals surface area (Å²) < 4.78 is 10.5. The van der Waals surface area contributed by atoms with Crippen molar-refractivity contribution in [3.63, 3.8) is 0 Å². The number of carbonyl (C=O) groups excluding carboxylic acids is 1. The van der Waals surface area contributed by atoms with Gasteiger partial charge in [0, 0.05) is 12.6 Å². The number of nitrogens with zero attached hydrogens (tertiary/aromatic N) is 1. The van der Waals surface area contributed by atoms with Gasteiger partial charge in [-0.05, 0) is 19.1 Å². The molecule has 0 aliphatic rings. The smallest absolute Gasteiger partial charge is 0.240 e. The number of benzene rings is 1. The van der Waals surface area contributed by atoms with Gasteiger partial charge in [0.05, 0.1) is 26.5 Å². The van der Waals surface area contributed by atoms with Gasteiger partial charge in [-0.25, -0.2) is 0 Å². The highest BCUT2D eigenvalue weighted by molar-refractivity contribution is 5.96. The van der Waals surface area contributed by atoms with Gasteiger partial charge in [-0.1, -0.05) is 0 Å². The molecule has 2 N–H and O–H groups in total. The highest BCUT2D eigenvalue weighted by Gasteiger charge is 2.17. The van der Waals surface area contributed by atoms with Crippen molar-refractivity contribution in [2.24, 2.45) is 5.73 Å². The van der Waals surface area contributed by atoms with Gasteiger partial charge < -0.3 is 20.1 Å². The summed E-state index contributed by atoms with van der Waals surface area (Å²) in [5.74, 6) is 1.17. The van der Waals surface area contributed by atoms with E-state index >= 15 is 0 Å². The molecular formula is C12H18N2O3. The predicted octanol–water partition coefficient (Wildman–Crippen LogP) is 0.934. The summed E-state index contributed by atoms with van der Waals surface area (Å²) in [6.45, 7) is 1.84. The summed E-state index contributed by atoms with van der Waals surface area (Å²) in [7, 11) is 4.82. The van der Waals surface area contributed by atoms with Crippen LogP contribution in [0.1, 0.15) is 5.56 Å². The molecule has 0 aliphatic carbocycles. The molecule has 0 radical (unpaired) electrons. The summed E-state index contributed by atoms with van der Waals surface area (Å²) >= 11 is 0. The molecule has 0 aromatic heterocycles. The third-order valence-electron chi connectivity index (χ3n) is 2.67. The van der Waals surface area contributed by atoms with Crippen LogP contribution < -0.4 is 20.1 Å². The Balaban J connectivity index is 3.25. The molecule has 0 atom stereocenters. The zero-order valence-electron chi connectivity index (χ0n) is 10.6. The van der Waals surface area contributed by atoms with Gasteiger partial charge in [-0.15, -0.1) is 0 Å². The summed E-state index contributed by atoms with van der Waals surface area (Å²) in [6.07, 6.45) is 0. The Kier molecular flexibility index (Phi) is 4.34. The fraction of sp³-hybridized carbons (Fsp3) is 0.417. The third-order valence-corrected chi connectivity index (χ3v) is 2.67. The lowest BCUT2D eigenvalue weighted by Gasteiger charge is -2.21. The molecule has 1 aromatic rings. The van der Waals surface area contributed by atoms with Crippen LogP contribution in [-0.4, -0.2) is 33.7 Å². The van der Waals surface area contributed by atoms with E-state index < -0.39 is 0 Å². The average molecular weight is 238 g/mol. The number of ether oxygens (including phenoxy) is 2. The fourth-order valence-corrected chi connectivity index (χ4v) is 1.67. The molecular weight excluding hydrogens is 220 g/mol. The van der Waals surface area contributed by atoms with E-state index in [1.807, 2.05) is 6.92 Å². The average Bonchev–Trinajstić information content (AvgIpc) is 2.36. The molecule has 0 heterocycles. The van der Waals surface area contributed by atoms with Crippen molar-refractivity contribution in [3.05, 3.63) is 17.7 Å². The molecule has 17 heavy (non-hydrogen) atoms. The normalized spacial score (nSPS) is 9.94. The van der Waals surface area contributed by atoms with E-state index in [-0.39, 0.29) is 12.5 Å². The number of methoxy groups -OCH3 is 2. The second-order valence-electron chi connectivity index (χ2n) is 3.60. The van der Waals surface area contributed by atoms with Gasteiger partial charge >= 0.3 is 0 Å². The van der Waals surface area contributed by atoms with E-state index in [9.17, 15) is 4.79 Å². The van der Waals surface area contributed by atoms with Crippen molar-refractivity contribution in [2.75, 3.05) is 32.7 Å². The first-order valence-corrected chi connectivity index (χ1v) is 5.25. The molecule has 0 aliphatic heterocycles. The Labute approximate surface area is 101 Å². The molecule has 1 amide bonds. The van der Waals surface area contributed by atoms with Crippen LogP contribution in [-0.2, 0) is 4.79 Å². The molecule has 0 spiro atoms. The van der Waals surface area contributed by atoms with E-state index in [0.29, 0.717) is 11.4 Å². The summed E-state index contributed by atoms with van der Waals surface area (Å²) in [5.41, 5.74) is 6.87. The summed E-state index contributed by atoms with van der Waals surface area (Å²) in [4.78, 5) is 13.0. The topological polar surface area (TPSA) is 64.8 Å². The van der Waals surface area contributed by atoms with Crippen molar-refractivity contribution in [3.8, 4) is 11.5 Å². The van der Waals surface area contributed by atoms with Crippen LogP contribution in [0, 0.1) is 6.92 Å². The van der Waals surface area contributed by atoms with Crippen LogP contribution in [0.4, 0.5) is 5.69 Å². The lowest BCUT2D eigenvalue weighted by molar-refractivity contribution is -0.117. The van der Waals surface area contributed by atoms with Crippen LogP contribution in [0.5, 0.6) is 11.5 Å². The minimum atomic E-state index is -0.173. The fourth-order valence-electron chi connectivity index (χ4n) is 1.67. The van der Waals surface area contributed by atoms with E-state index in [4.69, 9.17) is 15.2 Å². The van der Waals surface area contributed by atoms with Crippen LogP contribution in [0.3, 0.4) is 0 Å². The largest absolute Gasteiger partial charge is 0.496 e. The van der Waals surface area contributed by atoms with Gasteiger partial charge in [0.15, 0.2) is 0 Å². The SMILES string of the molecule is COc1ccc(N(C)C(=O)CN)c(OC)c1C. The zero-order chi connectivity index (χ0) is 13.0. The molecule has 5 nitrogen and oxygen atoms in total. The minimum Gasteiger partial charge on any atom is -0.496 e. The second-order valence-corrected chi connectivity index (χ2v) is 3.60. The zero-order valence-corrected chi connectivity index (χ0v) is 10.6. The Morgan fingerprint density at radius 3 is 2.47 bits per heavy atom. The summed E-state index contributed by atoms with van der Waals surface area (Å²) in [5, 5.41) is 0. The Hall–Kier alpha value is -1.75. The first-order chi connectivity index (χ1) is 8.06. The van der Waals surface area contributed by atoms with Crippen LogP contribution in [0.25, 0.3) is 0 Å².